The molecule has 0 amide bonds. The summed E-state index contributed by atoms with van der Waals surface area (Å²) in [5.74, 6) is 0. The van der Waals surface area contributed by atoms with E-state index in [1.165, 1.54) is 12.1 Å². The lowest BCUT2D eigenvalue weighted by atomic mass is 10.0. The number of aryl methyl sites for hydroxylation is 2. The Balaban J connectivity index is 1.62. The number of thioether (sulfide) groups is 1. The molecule has 1 heterocycles. The van der Waals surface area contributed by atoms with Crippen LogP contribution < -0.4 is 5.32 Å². The lowest BCUT2D eigenvalue weighted by Gasteiger charge is -2.15. The quantitative estimate of drug-likeness (QED) is 0.333. The Morgan fingerprint density at radius 3 is 2.27 bits per heavy atom. The van der Waals surface area contributed by atoms with Crippen molar-refractivity contribution in [3.05, 3.63) is 77.0 Å². The second-order valence-corrected chi connectivity index (χ2v) is 8.10. The SMILES string of the molecule is C=C(Nc1c[nH]c2ccc(CCCc3ccc(C(F)(F)F)cc3)cc12)SC(O)(O)O. The third-order valence-electron chi connectivity index (χ3n) is 4.49. The van der Waals surface area contributed by atoms with Crippen molar-refractivity contribution in [2.45, 2.75) is 30.7 Å². The van der Waals surface area contributed by atoms with Gasteiger partial charge in [-0.15, -0.1) is 0 Å². The average molecular weight is 438 g/mol. The Hall–Kier alpha value is -2.46. The Morgan fingerprint density at radius 2 is 1.63 bits per heavy atom. The van der Waals surface area contributed by atoms with Gasteiger partial charge >= 0.3 is 11.5 Å². The van der Waals surface area contributed by atoms with E-state index in [4.69, 9.17) is 15.3 Å². The highest BCUT2D eigenvalue weighted by molar-refractivity contribution is 8.03. The van der Waals surface area contributed by atoms with Gasteiger partial charge in [-0.3, -0.25) is 0 Å². The van der Waals surface area contributed by atoms with Crippen LogP contribution in [0.25, 0.3) is 10.9 Å². The summed E-state index contributed by atoms with van der Waals surface area (Å²) >= 11 is 0.358. The molecule has 0 aliphatic heterocycles. The average Bonchev–Trinajstić information content (AvgIpc) is 3.02. The van der Waals surface area contributed by atoms with Crippen LogP contribution in [0.4, 0.5) is 18.9 Å². The number of hydrogen-bond acceptors (Lipinski definition) is 5. The van der Waals surface area contributed by atoms with Crippen molar-refractivity contribution in [3.63, 3.8) is 0 Å². The molecule has 0 atom stereocenters. The van der Waals surface area contributed by atoms with E-state index in [0.717, 1.165) is 47.0 Å². The standard InChI is InChI=1S/C21H21F3N2O3S/c1-13(30-21(27,28)29)26-19-12-25-18-10-7-15(11-17(18)19)4-2-3-14-5-8-16(9-6-14)20(22,23)24/h5-12,25-29H,1-4H2. The summed E-state index contributed by atoms with van der Waals surface area (Å²) in [5, 5.41) is 28.1. The molecule has 0 saturated heterocycles. The van der Waals surface area contributed by atoms with Crippen molar-refractivity contribution in [2.75, 3.05) is 5.32 Å². The van der Waals surface area contributed by atoms with E-state index in [0.29, 0.717) is 23.9 Å². The van der Waals surface area contributed by atoms with Gasteiger partial charge in [0.25, 0.3) is 0 Å². The van der Waals surface area contributed by atoms with E-state index in [1.54, 1.807) is 6.20 Å². The van der Waals surface area contributed by atoms with E-state index in [9.17, 15) is 13.2 Å². The maximum atomic E-state index is 12.6. The predicted molar refractivity (Wildman–Crippen MR) is 112 cm³/mol. The van der Waals surface area contributed by atoms with Gasteiger partial charge in [0, 0.05) is 17.1 Å². The normalized spacial score (nSPS) is 12.3. The van der Waals surface area contributed by atoms with E-state index in [1.807, 2.05) is 18.2 Å². The molecular weight excluding hydrogens is 417 g/mol. The summed E-state index contributed by atoms with van der Waals surface area (Å²) in [6.07, 6.45) is -0.449. The molecule has 0 bridgehead atoms. The second-order valence-electron chi connectivity index (χ2n) is 6.85. The zero-order chi connectivity index (χ0) is 21.9. The van der Waals surface area contributed by atoms with Crippen molar-refractivity contribution in [1.29, 1.82) is 0 Å². The summed E-state index contributed by atoms with van der Waals surface area (Å²) < 4.78 is 37.9. The van der Waals surface area contributed by atoms with Gasteiger partial charge in [-0.2, -0.15) is 13.2 Å². The molecule has 3 aromatic rings. The van der Waals surface area contributed by atoms with E-state index < -0.39 is 17.0 Å². The van der Waals surface area contributed by atoms with E-state index in [2.05, 4.69) is 16.9 Å². The number of hydrogen-bond donors (Lipinski definition) is 5. The molecule has 0 radical (unpaired) electrons. The van der Waals surface area contributed by atoms with Crippen molar-refractivity contribution in [2.24, 2.45) is 0 Å². The minimum atomic E-state index is -4.33. The highest BCUT2D eigenvalue weighted by Crippen LogP contribution is 2.31. The molecule has 0 fully saturated rings. The number of aliphatic hydroxyl groups is 3. The maximum Gasteiger partial charge on any atom is 0.416 e. The van der Waals surface area contributed by atoms with E-state index >= 15 is 0 Å². The molecule has 0 spiro atoms. The minimum Gasteiger partial charge on any atom is -0.359 e. The lowest BCUT2D eigenvalue weighted by Crippen LogP contribution is -2.22. The Labute approximate surface area is 175 Å². The van der Waals surface area contributed by atoms with Crippen LogP contribution in [0.1, 0.15) is 23.1 Å². The number of H-pyrrole nitrogens is 1. The van der Waals surface area contributed by atoms with Crippen LogP contribution in [0, 0.1) is 0 Å². The summed E-state index contributed by atoms with van der Waals surface area (Å²) in [4.78, 5) is 3.09. The number of rotatable bonds is 8. The molecule has 30 heavy (non-hydrogen) atoms. The topological polar surface area (TPSA) is 88.5 Å². The number of halogens is 3. The first-order valence-electron chi connectivity index (χ1n) is 9.09. The first-order chi connectivity index (χ1) is 14.0. The molecule has 0 unspecified atom stereocenters. The third-order valence-corrected chi connectivity index (χ3v) is 5.11. The van der Waals surface area contributed by atoms with Crippen LogP contribution in [0.2, 0.25) is 0 Å². The molecule has 0 aliphatic carbocycles. The second kappa shape index (κ2) is 8.73. The molecule has 0 saturated carbocycles. The van der Waals surface area contributed by atoms with Gasteiger partial charge in [-0.1, -0.05) is 24.8 Å². The van der Waals surface area contributed by atoms with Crippen LogP contribution in [0.5, 0.6) is 0 Å². The van der Waals surface area contributed by atoms with Gasteiger partial charge in [-0.05, 0) is 66.4 Å². The molecule has 160 valence electrons. The number of nitrogens with one attached hydrogen (secondary N) is 2. The zero-order valence-corrected chi connectivity index (χ0v) is 16.6. The number of alkyl halides is 3. The summed E-state index contributed by atoms with van der Waals surface area (Å²) in [7, 11) is 0. The highest BCUT2D eigenvalue weighted by Gasteiger charge is 2.29. The Bertz CT molecular complexity index is 1020. The number of aromatic amines is 1. The van der Waals surface area contributed by atoms with Gasteiger partial charge in [-0.25, -0.2) is 0 Å². The van der Waals surface area contributed by atoms with Crippen LogP contribution in [0.3, 0.4) is 0 Å². The summed E-state index contributed by atoms with van der Waals surface area (Å²) in [5.41, 5.74) is 2.78. The number of fused-ring (bicyclic) bond motifs is 1. The molecule has 3 rings (SSSR count). The Morgan fingerprint density at radius 1 is 1.00 bits per heavy atom. The fourth-order valence-corrected chi connectivity index (χ4v) is 3.62. The largest absolute Gasteiger partial charge is 0.416 e. The molecule has 9 heteroatoms. The van der Waals surface area contributed by atoms with Gasteiger partial charge in [0.1, 0.15) is 0 Å². The molecule has 1 aromatic heterocycles. The smallest absolute Gasteiger partial charge is 0.359 e. The van der Waals surface area contributed by atoms with Gasteiger partial charge in [0.05, 0.1) is 16.3 Å². The number of aromatic nitrogens is 1. The highest BCUT2D eigenvalue weighted by atomic mass is 32.2. The fraction of sp³-hybridized carbons (Fsp3) is 0.238. The monoisotopic (exact) mass is 438 g/mol. The first-order valence-corrected chi connectivity index (χ1v) is 9.91. The Kier molecular flexibility index (Phi) is 6.47. The zero-order valence-electron chi connectivity index (χ0n) is 15.8. The maximum absolute atomic E-state index is 12.6. The molecule has 5 N–H and O–H groups in total. The molecule has 5 nitrogen and oxygen atoms in total. The van der Waals surface area contributed by atoms with E-state index in [-0.39, 0.29) is 5.03 Å². The fourth-order valence-electron chi connectivity index (χ4n) is 3.12. The third kappa shape index (κ3) is 6.02. The van der Waals surface area contributed by atoms with Crippen molar-refractivity contribution >= 4 is 28.4 Å². The van der Waals surface area contributed by atoms with Crippen molar-refractivity contribution in [1.82, 2.24) is 4.98 Å². The molecular formula is C21H21F3N2O3S. The van der Waals surface area contributed by atoms with Crippen LogP contribution >= 0.6 is 11.8 Å². The number of benzene rings is 2. The van der Waals surface area contributed by atoms with Crippen molar-refractivity contribution < 1.29 is 28.5 Å². The van der Waals surface area contributed by atoms with Crippen molar-refractivity contribution in [3.8, 4) is 0 Å². The van der Waals surface area contributed by atoms with Gasteiger partial charge in [0.2, 0.25) is 0 Å². The summed E-state index contributed by atoms with van der Waals surface area (Å²) in [6, 6.07) is 11.1. The van der Waals surface area contributed by atoms with Gasteiger partial charge < -0.3 is 25.6 Å². The minimum absolute atomic E-state index is 0.149. The van der Waals surface area contributed by atoms with Crippen LogP contribution in [-0.2, 0) is 19.0 Å². The molecule has 0 aliphatic rings. The van der Waals surface area contributed by atoms with Crippen LogP contribution in [-0.4, -0.2) is 25.6 Å². The van der Waals surface area contributed by atoms with Gasteiger partial charge in [0.15, 0.2) is 0 Å². The van der Waals surface area contributed by atoms with Crippen LogP contribution in [0.15, 0.2) is 60.3 Å². The molecule has 2 aromatic carbocycles. The summed E-state index contributed by atoms with van der Waals surface area (Å²) in [6.45, 7) is 3.64. The predicted octanol–water partition coefficient (Wildman–Crippen LogP) is 4.57. The lowest BCUT2D eigenvalue weighted by molar-refractivity contribution is -0.233. The number of anilines is 1. The first kappa shape index (κ1) is 22.2.